The number of fused-ring (bicyclic) bond motifs is 4. The van der Waals surface area contributed by atoms with Gasteiger partial charge < -0.3 is 4.84 Å². The summed E-state index contributed by atoms with van der Waals surface area (Å²) in [5, 5.41) is 0. The van der Waals surface area contributed by atoms with Crippen LogP contribution in [0.2, 0.25) is 0 Å². The van der Waals surface area contributed by atoms with Crippen molar-refractivity contribution >= 4 is 0 Å². The molecule has 52 valence electrons. The van der Waals surface area contributed by atoms with Crippen molar-refractivity contribution in [1.29, 1.82) is 0 Å². The molecule has 2 heteroatoms. The van der Waals surface area contributed by atoms with E-state index in [4.69, 9.17) is 4.84 Å². The molecule has 2 aliphatic heterocycles. The molecule has 3 rings (SSSR count). The van der Waals surface area contributed by atoms with Gasteiger partial charge in [-0.15, -0.1) is 0 Å². The third-order valence-corrected chi connectivity index (χ3v) is 2.42. The molecule has 9 heavy (non-hydrogen) atoms. The van der Waals surface area contributed by atoms with Crippen molar-refractivity contribution in [3.05, 3.63) is 0 Å². The zero-order chi connectivity index (χ0) is 6.10. The topological polar surface area (TPSA) is 21.3 Å². The van der Waals surface area contributed by atoms with Crippen molar-refractivity contribution < 1.29 is 4.84 Å². The quantitative estimate of drug-likeness (QED) is 0.525. The Balaban J connectivity index is 2.03. The molecule has 2 nitrogen and oxygen atoms in total. The van der Waals surface area contributed by atoms with E-state index in [2.05, 4.69) is 5.48 Å². The van der Waals surface area contributed by atoms with Gasteiger partial charge in [0.05, 0.1) is 6.61 Å². The van der Waals surface area contributed by atoms with E-state index in [-0.39, 0.29) is 0 Å². The van der Waals surface area contributed by atoms with Crippen molar-refractivity contribution in [2.75, 3.05) is 6.61 Å². The van der Waals surface area contributed by atoms with Gasteiger partial charge >= 0.3 is 0 Å². The number of hydrogen-bond acceptors (Lipinski definition) is 2. The molecule has 2 saturated heterocycles. The minimum Gasteiger partial charge on any atom is -0.301 e. The summed E-state index contributed by atoms with van der Waals surface area (Å²) in [6.07, 6.45) is 5.39. The molecular weight excluding hydrogens is 114 g/mol. The minimum absolute atomic E-state index is 0.670. The first-order chi connectivity index (χ1) is 4.45. The fourth-order valence-electron chi connectivity index (χ4n) is 1.73. The SMILES string of the molecule is C1CC2CCC1CON2. The average Bonchev–Trinajstić information content (AvgIpc) is 2.21. The lowest BCUT2D eigenvalue weighted by molar-refractivity contribution is 0.0288. The van der Waals surface area contributed by atoms with Gasteiger partial charge in [-0.2, -0.15) is 5.48 Å². The Hall–Kier alpha value is -0.0800. The third kappa shape index (κ3) is 1.10. The van der Waals surface area contributed by atoms with Gasteiger partial charge in [0.1, 0.15) is 0 Å². The van der Waals surface area contributed by atoms with E-state index in [0.29, 0.717) is 6.04 Å². The molecule has 0 unspecified atom stereocenters. The molecule has 3 aliphatic rings. The molecule has 0 aromatic carbocycles. The number of hydroxylamine groups is 1. The molecule has 0 spiro atoms. The number of nitrogens with one attached hydrogen (secondary N) is 1. The van der Waals surface area contributed by atoms with E-state index >= 15 is 0 Å². The fourth-order valence-corrected chi connectivity index (χ4v) is 1.73. The Morgan fingerprint density at radius 3 is 2.67 bits per heavy atom. The van der Waals surface area contributed by atoms with E-state index in [1.54, 1.807) is 0 Å². The van der Waals surface area contributed by atoms with E-state index in [1.807, 2.05) is 0 Å². The van der Waals surface area contributed by atoms with Crippen LogP contribution in [0.1, 0.15) is 25.7 Å². The Morgan fingerprint density at radius 1 is 1.11 bits per heavy atom. The Bertz CT molecular complexity index is 79.6. The third-order valence-electron chi connectivity index (χ3n) is 2.42. The molecule has 2 heterocycles. The van der Waals surface area contributed by atoms with Gasteiger partial charge in [0.2, 0.25) is 0 Å². The predicted octanol–water partition coefficient (Wildman–Crippen LogP) is 1.08. The van der Waals surface area contributed by atoms with Crippen LogP contribution < -0.4 is 5.48 Å². The molecule has 0 radical (unpaired) electrons. The van der Waals surface area contributed by atoms with E-state index < -0.39 is 0 Å². The monoisotopic (exact) mass is 127 g/mol. The van der Waals surface area contributed by atoms with Gasteiger partial charge in [0.15, 0.2) is 0 Å². The smallest absolute Gasteiger partial charge is 0.0710 e. The first-order valence-corrected chi connectivity index (χ1v) is 3.82. The summed E-state index contributed by atoms with van der Waals surface area (Å²) < 4.78 is 0. The van der Waals surface area contributed by atoms with Gasteiger partial charge in [-0.05, 0) is 31.6 Å². The largest absolute Gasteiger partial charge is 0.301 e. The summed E-state index contributed by atoms with van der Waals surface area (Å²) >= 11 is 0. The van der Waals surface area contributed by atoms with Gasteiger partial charge in [-0.3, -0.25) is 0 Å². The summed E-state index contributed by atoms with van der Waals surface area (Å²) in [7, 11) is 0. The first kappa shape index (κ1) is 5.69. The van der Waals surface area contributed by atoms with Crippen LogP contribution in [0.5, 0.6) is 0 Å². The minimum atomic E-state index is 0.670. The molecule has 0 amide bonds. The average molecular weight is 127 g/mol. The van der Waals surface area contributed by atoms with Crippen molar-refractivity contribution in [3.63, 3.8) is 0 Å². The molecule has 1 saturated carbocycles. The van der Waals surface area contributed by atoms with Crippen molar-refractivity contribution in [2.24, 2.45) is 5.92 Å². The second-order valence-electron chi connectivity index (χ2n) is 3.15. The molecular formula is C7H13NO. The highest BCUT2D eigenvalue weighted by Crippen LogP contribution is 2.26. The Morgan fingerprint density at radius 2 is 1.89 bits per heavy atom. The van der Waals surface area contributed by atoms with Gasteiger partial charge in [0, 0.05) is 6.04 Å². The zero-order valence-electron chi connectivity index (χ0n) is 5.60. The highest BCUT2D eigenvalue weighted by atomic mass is 16.6. The maximum Gasteiger partial charge on any atom is 0.0710 e. The number of hydrogen-bond donors (Lipinski definition) is 1. The van der Waals surface area contributed by atoms with Crippen LogP contribution in [-0.4, -0.2) is 12.6 Å². The first-order valence-electron chi connectivity index (χ1n) is 3.82. The molecule has 3 fully saturated rings. The molecule has 1 N–H and O–H groups in total. The van der Waals surface area contributed by atoms with Crippen molar-refractivity contribution in [1.82, 2.24) is 5.48 Å². The van der Waals surface area contributed by atoms with Crippen LogP contribution in [0.15, 0.2) is 0 Å². The normalized spacial score (nSPS) is 42.7. The van der Waals surface area contributed by atoms with Crippen LogP contribution in [0.25, 0.3) is 0 Å². The van der Waals surface area contributed by atoms with E-state index in [1.165, 1.54) is 25.7 Å². The molecule has 2 bridgehead atoms. The lowest BCUT2D eigenvalue weighted by Gasteiger charge is -2.20. The summed E-state index contributed by atoms with van der Waals surface area (Å²) in [6, 6.07) is 0.670. The standard InChI is InChI=1S/C7H13NO/c1-3-7-4-2-6(1)5-9-8-7/h6-8H,1-5H2. The molecule has 0 aromatic heterocycles. The van der Waals surface area contributed by atoms with Gasteiger partial charge in [0.25, 0.3) is 0 Å². The van der Waals surface area contributed by atoms with Crippen molar-refractivity contribution in [3.8, 4) is 0 Å². The van der Waals surface area contributed by atoms with Crippen LogP contribution in [0.3, 0.4) is 0 Å². The number of rotatable bonds is 0. The highest BCUT2D eigenvalue weighted by molar-refractivity contribution is 4.77. The van der Waals surface area contributed by atoms with Gasteiger partial charge in [-0.1, -0.05) is 0 Å². The summed E-state index contributed by atoms with van der Waals surface area (Å²) in [4.78, 5) is 5.23. The van der Waals surface area contributed by atoms with Crippen LogP contribution in [-0.2, 0) is 4.84 Å². The Kier molecular flexibility index (Phi) is 1.44. The predicted molar refractivity (Wildman–Crippen MR) is 34.8 cm³/mol. The lowest BCUT2D eigenvalue weighted by atomic mass is 9.88. The van der Waals surface area contributed by atoms with Crippen LogP contribution in [0, 0.1) is 5.92 Å². The summed E-state index contributed by atoms with van der Waals surface area (Å²) in [5.41, 5.74) is 3.07. The summed E-state index contributed by atoms with van der Waals surface area (Å²) in [6.45, 7) is 0.941. The van der Waals surface area contributed by atoms with E-state index in [0.717, 1.165) is 12.5 Å². The second-order valence-corrected chi connectivity index (χ2v) is 3.15. The van der Waals surface area contributed by atoms with Crippen molar-refractivity contribution in [2.45, 2.75) is 31.7 Å². The van der Waals surface area contributed by atoms with Crippen LogP contribution in [0.4, 0.5) is 0 Å². The summed E-state index contributed by atoms with van der Waals surface area (Å²) in [5.74, 6) is 0.858. The molecule has 1 aliphatic carbocycles. The molecule has 0 aromatic rings. The van der Waals surface area contributed by atoms with Gasteiger partial charge in [-0.25, -0.2) is 0 Å². The lowest BCUT2D eigenvalue weighted by Crippen LogP contribution is -2.26. The highest BCUT2D eigenvalue weighted by Gasteiger charge is 2.24. The maximum atomic E-state index is 5.23. The Labute approximate surface area is 55.5 Å². The fraction of sp³-hybridized carbons (Fsp3) is 1.00. The second kappa shape index (κ2) is 2.27. The zero-order valence-corrected chi connectivity index (χ0v) is 5.60. The molecule has 0 atom stereocenters. The van der Waals surface area contributed by atoms with Crippen LogP contribution >= 0.6 is 0 Å². The van der Waals surface area contributed by atoms with E-state index in [9.17, 15) is 0 Å². The maximum absolute atomic E-state index is 5.23.